The molecule has 1 N–H and O–H groups in total. The molecule has 1 aromatic heterocycles. The molecule has 1 aliphatic rings. The Kier molecular flexibility index (Phi) is 6.05. The van der Waals surface area contributed by atoms with Gasteiger partial charge in [0.25, 0.3) is 5.91 Å². The highest BCUT2D eigenvalue weighted by Crippen LogP contribution is 2.26. The Morgan fingerprint density at radius 3 is 2.48 bits per heavy atom. The first kappa shape index (κ1) is 21.8. The molecular weight excluding hydrogens is 416 g/mol. The number of hydrogen-bond donors (Lipinski definition) is 1. The van der Waals surface area contributed by atoms with Crippen LogP contribution in [0.3, 0.4) is 0 Å². The van der Waals surface area contributed by atoms with E-state index in [0.29, 0.717) is 19.0 Å². The van der Waals surface area contributed by atoms with Crippen LogP contribution in [-0.4, -0.2) is 54.7 Å². The Morgan fingerprint density at radius 2 is 1.86 bits per heavy atom. The van der Waals surface area contributed by atoms with Gasteiger partial charge in [0.1, 0.15) is 5.82 Å². The molecule has 0 saturated carbocycles. The van der Waals surface area contributed by atoms with Crippen LogP contribution in [0.1, 0.15) is 36.8 Å². The van der Waals surface area contributed by atoms with Crippen molar-refractivity contribution >= 4 is 33.3 Å². The van der Waals surface area contributed by atoms with E-state index in [2.05, 4.69) is 10.4 Å². The number of anilines is 1. The number of benzene rings is 1. The summed E-state index contributed by atoms with van der Waals surface area (Å²) in [5.74, 6) is 0.0110. The summed E-state index contributed by atoms with van der Waals surface area (Å²) in [6.45, 7) is 8.98. The highest BCUT2D eigenvalue weighted by molar-refractivity contribution is 7.89. The Labute approximate surface area is 175 Å². The molecule has 1 amide bonds. The van der Waals surface area contributed by atoms with Crippen molar-refractivity contribution in [1.82, 2.24) is 14.1 Å². The molecule has 0 unspecified atom stereocenters. The van der Waals surface area contributed by atoms with Gasteiger partial charge < -0.3 is 10.1 Å². The highest BCUT2D eigenvalue weighted by Gasteiger charge is 2.28. The predicted octanol–water partition coefficient (Wildman–Crippen LogP) is 2.87. The molecule has 158 valence electrons. The standard InChI is InChI=1S/C19H25ClN4O4S/c1-13-11-17(24(22-13)19(2,3)4)21-18(25)15-12-14(5-6-16(15)20)29(26,27)23-7-9-28-10-8-23/h5-6,11-12H,7-10H2,1-4H3,(H,21,25). The van der Waals surface area contributed by atoms with Crippen molar-refractivity contribution in [2.75, 3.05) is 31.6 Å². The fraction of sp³-hybridized carbons (Fsp3) is 0.474. The number of aromatic nitrogens is 2. The lowest BCUT2D eigenvalue weighted by molar-refractivity contribution is 0.0730. The molecule has 1 aliphatic heterocycles. The summed E-state index contributed by atoms with van der Waals surface area (Å²) in [6.07, 6.45) is 0. The van der Waals surface area contributed by atoms with E-state index >= 15 is 0 Å². The zero-order valence-electron chi connectivity index (χ0n) is 16.9. The molecular formula is C19H25ClN4O4S. The Hall–Kier alpha value is -1.94. The van der Waals surface area contributed by atoms with Crippen molar-refractivity contribution in [3.63, 3.8) is 0 Å². The summed E-state index contributed by atoms with van der Waals surface area (Å²) >= 11 is 6.22. The zero-order valence-corrected chi connectivity index (χ0v) is 18.5. The second-order valence-corrected chi connectivity index (χ2v) is 10.2. The van der Waals surface area contributed by atoms with E-state index in [0.717, 1.165) is 5.69 Å². The van der Waals surface area contributed by atoms with E-state index in [1.165, 1.54) is 22.5 Å². The summed E-state index contributed by atoms with van der Waals surface area (Å²) < 4.78 is 34.1. The largest absolute Gasteiger partial charge is 0.379 e. The number of carbonyl (C=O) groups excluding carboxylic acids is 1. The minimum absolute atomic E-state index is 0.0226. The Balaban J connectivity index is 1.92. The molecule has 2 heterocycles. The maximum absolute atomic E-state index is 12.9. The predicted molar refractivity (Wildman–Crippen MR) is 111 cm³/mol. The third kappa shape index (κ3) is 4.63. The maximum Gasteiger partial charge on any atom is 0.258 e. The van der Waals surface area contributed by atoms with E-state index in [-0.39, 0.29) is 34.1 Å². The number of hydrogen-bond acceptors (Lipinski definition) is 5. The van der Waals surface area contributed by atoms with E-state index in [1.54, 1.807) is 10.7 Å². The van der Waals surface area contributed by atoms with Gasteiger partial charge in [-0.2, -0.15) is 9.40 Å². The van der Waals surface area contributed by atoms with Crippen LogP contribution in [0.15, 0.2) is 29.2 Å². The molecule has 10 heteroatoms. The first-order valence-electron chi connectivity index (χ1n) is 9.26. The van der Waals surface area contributed by atoms with E-state index in [1.807, 2.05) is 27.7 Å². The maximum atomic E-state index is 12.9. The van der Waals surface area contributed by atoms with Crippen molar-refractivity contribution in [2.45, 2.75) is 38.1 Å². The second kappa shape index (κ2) is 8.06. The number of morpholine rings is 1. The SMILES string of the molecule is Cc1cc(NC(=O)c2cc(S(=O)(=O)N3CCOCC3)ccc2Cl)n(C(C)(C)C)n1. The van der Waals surface area contributed by atoms with Gasteiger partial charge in [0, 0.05) is 19.2 Å². The number of nitrogens with one attached hydrogen (secondary N) is 1. The molecule has 2 aromatic rings. The summed E-state index contributed by atoms with van der Waals surface area (Å²) in [7, 11) is -3.74. The van der Waals surface area contributed by atoms with Gasteiger partial charge >= 0.3 is 0 Å². The second-order valence-electron chi connectivity index (χ2n) is 7.87. The van der Waals surface area contributed by atoms with Gasteiger partial charge in [0.2, 0.25) is 10.0 Å². The van der Waals surface area contributed by atoms with Gasteiger partial charge in [-0.3, -0.25) is 4.79 Å². The van der Waals surface area contributed by atoms with Gasteiger partial charge in [-0.15, -0.1) is 0 Å². The highest BCUT2D eigenvalue weighted by atomic mass is 35.5. The average molecular weight is 441 g/mol. The molecule has 29 heavy (non-hydrogen) atoms. The van der Waals surface area contributed by atoms with Gasteiger partial charge in [0.05, 0.1) is 39.9 Å². The summed E-state index contributed by atoms with van der Waals surface area (Å²) in [4.78, 5) is 12.9. The van der Waals surface area contributed by atoms with Crippen LogP contribution in [0.25, 0.3) is 0 Å². The number of sulfonamides is 1. The summed E-state index contributed by atoms with van der Waals surface area (Å²) in [6, 6.07) is 5.90. The lowest BCUT2D eigenvalue weighted by Gasteiger charge is -2.26. The van der Waals surface area contributed by atoms with Crippen LogP contribution in [0.2, 0.25) is 5.02 Å². The third-order valence-electron chi connectivity index (χ3n) is 4.50. The van der Waals surface area contributed by atoms with Crippen LogP contribution in [0.4, 0.5) is 5.82 Å². The number of carbonyl (C=O) groups is 1. The number of ether oxygens (including phenoxy) is 1. The quantitative estimate of drug-likeness (QED) is 0.788. The van der Waals surface area contributed by atoms with Crippen LogP contribution in [0, 0.1) is 6.92 Å². The molecule has 1 saturated heterocycles. The number of rotatable bonds is 4. The third-order valence-corrected chi connectivity index (χ3v) is 6.72. The van der Waals surface area contributed by atoms with Crippen molar-refractivity contribution in [1.29, 1.82) is 0 Å². The van der Waals surface area contributed by atoms with Gasteiger partial charge in [-0.05, 0) is 45.9 Å². The minimum atomic E-state index is -3.74. The van der Waals surface area contributed by atoms with E-state index in [4.69, 9.17) is 16.3 Å². The van der Waals surface area contributed by atoms with Crippen molar-refractivity contribution in [2.24, 2.45) is 0 Å². The van der Waals surface area contributed by atoms with Gasteiger partial charge in [0.15, 0.2) is 0 Å². The molecule has 3 rings (SSSR count). The summed E-state index contributed by atoms with van der Waals surface area (Å²) in [5, 5.41) is 7.39. The number of aryl methyl sites for hydroxylation is 1. The van der Waals surface area contributed by atoms with E-state index < -0.39 is 15.9 Å². The average Bonchev–Trinajstić information content (AvgIpc) is 3.03. The fourth-order valence-corrected chi connectivity index (χ4v) is 4.70. The Bertz CT molecular complexity index is 1020. The van der Waals surface area contributed by atoms with Crippen LogP contribution in [0.5, 0.6) is 0 Å². The molecule has 0 bridgehead atoms. The topological polar surface area (TPSA) is 93.5 Å². The Morgan fingerprint density at radius 1 is 1.21 bits per heavy atom. The molecule has 8 nitrogen and oxygen atoms in total. The van der Waals surface area contributed by atoms with Crippen LogP contribution in [-0.2, 0) is 20.3 Å². The monoisotopic (exact) mass is 440 g/mol. The number of nitrogens with zero attached hydrogens (tertiary/aromatic N) is 3. The first-order valence-corrected chi connectivity index (χ1v) is 11.1. The van der Waals surface area contributed by atoms with Crippen molar-refractivity contribution in [3.05, 3.63) is 40.5 Å². The lowest BCUT2D eigenvalue weighted by Crippen LogP contribution is -2.40. The molecule has 0 radical (unpaired) electrons. The first-order chi connectivity index (χ1) is 13.5. The van der Waals surface area contributed by atoms with E-state index in [9.17, 15) is 13.2 Å². The molecule has 0 spiro atoms. The van der Waals surface area contributed by atoms with Gasteiger partial charge in [-0.25, -0.2) is 13.1 Å². The number of halogens is 1. The minimum Gasteiger partial charge on any atom is -0.379 e. The smallest absolute Gasteiger partial charge is 0.258 e. The molecule has 0 aliphatic carbocycles. The van der Waals surface area contributed by atoms with Crippen molar-refractivity contribution in [3.8, 4) is 0 Å². The number of amides is 1. The molecule has 0 atom stereocenters. The zero-order chi connectivity index (χ0) is 21.4. The summed E-state index contributed by atoms with van der Waals surface area (Å²) in [5.41, 5.74) is 0.493. The van der Waals surface area contributed by atoms with Crippen LogP contribution >= 0.6 is 11.6 Å². The van der Waals surface area contributed by atoms with Crippen LogP contribution < -0.4 is 5.32 Å². The molecule has 1 aromatic carbocycles. The fourth-order valence-electron chi connectivity index (χ4n) is 3.06. The van der Waals surface area contributed by atoms with Crippen molar-refractivity contribution < 1.29 is 17.9 Å². The molecule has 1 fully saturated rings. The lowest BCUT2D eigenvalue weighted by atomic mass is 10.1. The van der Waals surface area contributed by atoms with Gasteiger partial charge in [-0.1, -0.05) is 11.6 Å². The normalized spacial score (nSPS) is 16.0.